The molecule has 0 radical (unpaired) electrons. The first kappa shape index (κ1) is 13.7. The molecule has 1 atom stereocenters. The monoisotopic (exact) mass is 349 g/mol. The number of para-hydroxylation sites is 1. The summed E-state index contributed by atoms with van der Waals surface area (Å²) < 4.78 is 6.75. The predicted octanol–water partition coefficient (Wildman–Crippen LogP) is 5.09. The summed E-state index contributed by atoms with van der Waals surface area (Å²) in [6, 6.07) is 15.5. The van der Waals surface area contributed by atoms with Gasteiger partial charge in [-0.3, -0.25) is 0 Å². The normalized spacial score (nSPS) is 12.8. The molecule has 0 saturated carbocycles. The Morgan fingerprint density at radius 2 is 1.95 bits per heavy atom. The van der Waals surface area contributed by atoms with Crippen molar-refractivity contribution in [2.75, 3.05) is 0 Å². The first-order valence-electron chi connectivity index (χ1n) is 6.31. The van der Waals surface area contributed by atoms with Crippen molar-refractivity contribution in [3.05, 3.63) is 69.3 Å². The highest BCUT2D eigenvalue weighted by atomic mass is 79.9. The number of hydrogen-bond acceptors (Lipinski definition) is 2. The van der Waals surface area contributed by atoms with Gasteiger partial charge >= 0.3 is 0 Å². The van der Waals surface area contributed by atoms with Gasteiger partial charge in [-0.05, 0) is 36.2 Å². The maximum Gasteiger partial charge on any atom is 0.134 e. The fraction of sp³-hybridized carbons (Fsp3) is 0.125. The van der Waals surface area contributed by atoms with Crippen molar-refractivity contribution in [1.29, 1.82) is 0 Å². The summed E-state index contributed by atoms with van der Waals surface area (Å²) in [6.07, 6.45) is 0.645. The van der Waals surface area contributed by atoms with Gasteiger partial charge in [0.25, 0.3) is 0 Å². The Morgan fingerprint density at radius 3 is 2.70 bits per heavy atom. The molecule has 0 aliphatic heterocycles. The van der Waals surface area contributed by atoms with E-state index in [-0.39, 0.29) is 6.04 Å². The van der Waals surface area contributed by atoms with Crippen molar-refractivity contribution in [3.63, 3.8) is 0 Å². The van der Waals surface area contributed by atoms with Crippen LogP contribution >= 0.6 is 27.5 Å². The molecule has 0 amide bonds. The standard InChI is InChI=1S/C16H13BrClNO/c17-12-6-5-10(13(18)9-12)7-14(19)16-8-11-3-1-2-4-15(11)20-16/h1-6,8-9,14H,7,19H2. The largest absolute Gasteiger partial charge is 0.459 e. The molecular weight excluding hydrogens is 338 g/mol. The van der Waals surface area contributed by atoms with E-state index in [4.69, 9.17) is 21.8 Å². The highest BCUT2D eigenvalue weighted by Gasteiger charge is 2.14. The van der Waals surface area contributed by atoms with Crippen molar-refractivity contribution in [2.45, 2.75) is 12.5 Å². The molecule has 20 heavy (non-hydrogen) atoms. The van der Waals surface area contributed by atoms with Gasteiger partial charge in [-0.15, -0.1) is 0 Å². The molecule has 2 N–H and O–H groups in total. The van der Waals surface area contributed by atoms with Crippen LogP contribution in [0.3, 0.4) is 0 Å². The summed E-state index contributed by atoms with van der Waals surface area (Å²) in [7, 11) is 0. The zero-order valence-electron chi connectivity index (χ0n) is 10.6. The van der Waals surface area contributed by atoms with Gasteiger partial charge in [-0.25, -0.2) is 0 Å². The summed E-state index contributed by atoms with van der Waals surface area (Å²) in [5.41, 5.74) is 8.11. The number of nitrogens with two attached hydrogens (primary N) is 1. The molecule has 1 unspecified atom stereocenters. The van der Waals surface area contributed by atoms with Crippen molar-refractivity contribution in [3.8, 4) is 0 Å². The maximum atomic E-state index is 6.23. The Labute approximate surface area is 130 Å². The number of fused-ring (bicyclic) bond motifs is 1. The Balaban J connectivity index is 1.86. The molecule has 0 fully saturated rings. The SMILES string of the molecule is NC(Cc1ccc(Br)cc1Cl)c1cc2ccccc2o1. The fourth-order valence-corrected chi connectivity index (χ4v) is 2.96. The molecule has 2 aromatic carbocycles. The highest BCUT2D eigenvalue weighted by Crippen LogP contribution is 2.28. The molecule has 0 spiro atoms. The number of rotatable bonds is 3. The van der Waals surface area contributed by atoms with E-state index in [1.54, 1.807) is 0 Å². The van der Waals surface area contributed by atoms with Gasteiger partial charge < -0.3 is 10.2 Å². The van der Waals surface area contributed by atoms with Crippen LogP contribution in [-0.4, -0.2) is 0 Å². The van der Waals surface area contributed by atoms with Crippen LogP contribution in [0.1, 0.15) is 17.4 Å². The minimum atomic E-state index is -0.207. The molecular formula is C16H13BrClNO. The molecule has 0 bridgehead atoms. The van der Waals surface area contributed by atoms with Crippen LogP contribution in [-0.2, 0) is 6.42 Å². The molecule has 102 valence electrons. The van der Waals surface area contributed by atoms with Crippen molar-refractivity contribution in [2.24, 2.45) is 5.73 Å². The van der Waals surface area contributed by atoms with Crippen LogP contribution < -0.4 is 5.73 Å². The summed E-state index contributed by atoms with van der Waals surface area (Å²) in [6.45, 7) is 0. The molecule has 1 aromatic heterocycles. The average molecular weight is 351 g/mol. The van der Waals surface area contributed by atoms with E-state index in [9.17, 15) is 0 Å². The van der Waals surface area contributed by atoms with E-state index in [1.165, 1.54) is 0 Å². The second-order valence-electron chi connectivity index (χ2n) is 4.73. The Bertz CT molecular complexity index is 720. The van der Waals surface area contributed by atoms with Crippen LogP contribution in [0, 0.1) is 0 Å². The number of halogens is 2. The fourth-order valence-electron chi connectivity index (χ4n) is 2.21. The zero-order chi connectivity index (χ0) is 14.1. The lowest BCUT2D eigenvalue weighted by molar-refractivity contribution is 0.494. The minimum Gasteiger partial charge on any atom is -0.459 e. The van der Waals surface area contributed by atoms with Crippen molar-refractivity contribution < 1.29 is 4.42 Å². The van der Waals surface area contributed by atoms with E-state index in [0.717, 1.165) is 26.8 Å². The van der Waals surface area contributed by atoms with Gasteiger partial charge in [-0.1, -0.05) is 51.8 Å². The first-order chi connectivity index (χ1) is 9.63. The quantitative estimate of drug-likeness (QED) is 0.714. The van der Waals surface area contributed by atoms with E-state index in [1.807, 2.05) is 48.5 Å². The third-order valence-corrected chi connectivity index (χ3v) is 4.11. The van der Waals surface area contributed by atoms with Crippen LogP contribution in [0.5, 0.6) is 0 Å². The van der Waals surface area contributed by atoms with Gasteiger partial charge in [-0.2, -0.15) is 0 Å². The highest BCUT2D eigenvalue weighted by molar-refractivity contribution is 9.10. The van der Waals surface area contributed by atoms with Crippen LogP contribution in [0.4, 0.5) is 0 Å². The zero-order valence-corrected chi connectivity index (χ0v) is 13.0. The summed E-state index contributed by atoms with van der Waals surface area (Å²) >= 11 is 9.62. The van der Waals surface area contributed by atoms with E-state index in [2.05, 4.69) is 15.9 Å². The van der Waals surface area contributed by atoms with Crippen molar-refractivity contribution >= 4 is 38.5 Å². The molecule has 0 saturated heterocycles. The van der Waals surface area contributed by atoms with E-state index >= 15 is 0 Å². The molecule has 3 aromatic rings. The second-order valence-corrected chi connectivity index (χ2v) is 6.06. The summed E-state index contributed by atoms with van der Waals surface area (Å²) in [5, 5.41) is 1.78. The molecule has 0 aliphatic carbocycles. The minimum absolute atomic E-state index is 0.207. The Hall–Kier alpha value is -1.29. The van der Waals surface area contributed by atoms with E-state index < -0.39 is 0 Å². The molecule has 3 rings (SSSR count). The molecule has 0 aliphatic rings. The number of furan rings is 1. The Kier molecular flexibility index (Phi) is 3.83. The smallest absolute Gasteiger partial charge is 0.134 e. The number of hydrogen-bond donors (Lipinski definition) is 1. The van der Waals surface area contributed by atoms with Crippen LogP contribution in [0.25, 0.3) is 11.0 Å². The molecule has 1 heterocycles. The van der Waals surface area contributed by atoms with Crippen LogP contribution in [0.15, 0.2) is 57.4 Å². The maximum absolute atomic E-state index is 6.23. The predicted molar refractivity (Wildman–Crippen MR) is 86.0 cm³/mol. The number of benzene rings is 2. The molecule has 2 nitrogen and oxygen atoms in total. The average Bonchev–Trinajstić information content (AvgIpc) is 2.86. The Morgan fingerprint density at radius 1 is 1.15 bits per heavy atom. The first-order valence-corrected chi connectivity index (χ1v) is 7.48. The lowest BCUT2D eigenvalue weighted by Gasteiger charge is -2.10. The topological polar surface area (TPSA) is 39.2 Å². The van der Waals surface area contributed by atoms with Gasteiger partial charge in [0.05, 0.1) is 6.04 Å². The van der Waals surface area contributed by atoms with Gasteiger partial charge in [0.15, 0.2) is 0 Å². The lowest BCUT2D eigenvalue weighted by Crippen LogP contribution is -2.12. The third kappa shape index (κ3) is 2.75. The summed E-state index contributed by atoms with van der Waals surface area (Å²) in [4.78, 5) is 0. The van der Waals surface area contributed by atoms with Crippen molar-refractivity contribution in [1.82, 2.24) is 0 Å². The third-order valence-electron chi connectivity index (χ3n) is 3.26. The second kappa shape index (κ2) is 5.60. The van der Waals surface area contributed by atoms with Gasteiger partial charge in [0.1, 0.15) is 11.3 Å². The van der Waals surface area contributed by atoms with Gasteiger partial charge in [0, 0.05) is 14.9 Å². The van der Waals surface area contributed by atoms with Gasteiger partial charge in [0.2, 0.25) is 0 Å². The molecule has 4 heteroatoms. The lowest BCUT2D eigenvalue weighted by atomic mass is 10.0. The van der Waals surface area contributed by atoms with Crippen LogP contribution in [0.2, 0.25) is 5.02 Å². The summed E-state index contributed by atoms with van der Waals surface area (Å²) in [5.74, 6) is 0.783. The van der Waals surface area contributed by atoms with E-state index in [0.29, 0.717) is 11.4 Å².